The summed E-state index contributed by atoms with van der Waals surface area (Å²) in [6.45, 7) is 0. The maximum absolute atomic E-state index is 13.5. The molecule has 0 fully saturated rings. The molecule has 130 valence electrons. The molecule has 0 unspecified atom stereocenters. The van der Waals surface area contributed by atoms with Crippen LogP contribution in [0.3, 0.4) is 0 Å². The molecule has 4 aromatic rings. The van der Waals surface area contributed by atoms with Gasteiger partial charge in [0.1, 0.15) is 11.1 Å². The normalized spacial score (nSPS) is 11.2. The molecule has 0 saturated carbocycles. The number of hydrogen-bond donors (Lipinski definition) is 0. The molecule has 0 N–H and O–H groups in total. The molecule has 1 aromatic carbocycles. The zero-order valence-corrected chi connectivity index (χ0v) is 13.2. The Morgan fingerprint density at radius 1 is 1.15 bits per heavy atom. The molecule has 0 aliphatic heterocycles. The Hall–Kier alpha value is -3.69. The number of esters is 1. The molecule has 0 amide bonds. The van der Waals surface area contributed by atoms with Crippen LogP contribution in [0, 0.1) is 11.6 Å². The van der Waals surface area contributed by atoms with Crippen LogP contribution in [0.1, 0.15) is 10.4 Å². The Kier molecular flexibility index (Phi) is 3.46. The van der Waals surface area contributed by atoms with Crippen molar-refractivity contribution in [3.8, 4) is 5.69 Å². The highest BCUT2D eigenvalue weighted by atomic mass is 19.2. The van der Waals surface area contributed by atoms with Gasteiger partial charge in [-0.2, -0.15) is 5.10 Å². The summed E-state index contributed by atoms with van der Waals surface area (Å²) >= 11 is 0. The van der Waals surface area contributed by atoms with Crippen LogP contribution in [-0.4, -0.2) is 37.5 Å². The summed E-state index contributed by atoms with van der Waals surface area (Å²) in [4.78, 5) is 24.4. The lowest BCUT2D eigenvalue weighted by molar-refractivity contribution is 0.0602. The summed E-state index contributed by atoms with van der Waals surface area (Å²) in [5.74, 6) is -2.73. The topological polar surface area (TPSA) is 91.4 Å². The summed E-state index contributed by atoms with van der Waals surface area (Å²) in [7, 11) is 1.22. The molecule has 10 heteroatoms. The van der Waals surface area contributed by atoms with Crippen molar-refractivity contribution in [2.45, 2.75) is 0 Å². The average Bonchev–Trinajstić information content (AvgIpc) is 3.08. The second-order valence-corrected chi connectivity index (χ2v) is 5.31. The van der Waals surface area contributed by atoms with Gasteiger partial charge in [0.2, 0.25) is 0 Å². The van der Waals surface area contributed by atoms with Crippen molar-refractivity contribution in [3.63, 3.8) is 0 Å². The summed E-state index contributed by atoms with van der Waals surface area (Å²) in [5, 5.41) is 11.8. The first-order chi connectivity index (χ1) is 12.5. The van der Waals surface area contributed by atoms with Crippen molar-refractivity contribution < 1.29 is 18.3 Å². The summed E-state index contributed by atoms with van der Waals surface area (Å²) in [6.07, 6.45) is 2.63. The van der Waals surface area contributed by atoms with Crippen molar-refractivity contribution in [3.05, 3.63) is 64.2 Å². The van der Waals surface area contributed by atoms with E-state index in [1.165, 1.54) is 36.2 Å². The third-order valence-electron chi connectivity index (χ3n) is 3.85. The van der Waals surface area contributed by atoms with Crippen molar-refractivity contribution in [1.29, 1.82) is 0 Å². The van der Waals surface area contributed by atoms with Crippen LogP contribution < -0.4 is 5.56 Å². The van der Waals surface area contributed by atoms with Gasteiger partial charge in [0.15, 0.2) is 22.8 Å². The van der Waals surface area contributed by atoms with Gasteiger partial charge in [-0.15, -0.1) is 10.2 Å². The van der Waals surface area contributed by atoms with Gasteiger partial charge >= 0.3 is 5.97 Å². The van der Waals surface area contributed by atoms with Gasteiger partial charge in [-0.3, -0.25) is 9.36 Å². The van der Waals surface area contributed by atoms with Crippen LogP contribution in [0.2, 0.25) is 0 Å². The molecule has 0 atom stereocenters. The minimum atomic E-state index is -1.08. The highest BCUT2D eigenvalue weighted by Crippen LogP contribution is 2.16. The number of rotatable bonds is 2. The molecule has 3 aromatic heterocycles. The average molecular weight is 357 g/mol. The van der Waals surface area contributed by atoms with Gasteiger partial charge in [0.05, 0.1) is 19.0 Å². The fourth-order valence-corrected chi connectivity index (χ4v) is 2.58. The minimum absolute atomic E-state index is 0.0516. The quantitative estimate of drug-likeness (QED) is 0.505. The third-order valence-corrected chi connectivity index (χ3v) is 3.85. The first kappa shape index (κ1) is 15.8. The van der Waals surface area contributed by atoms with Crippen LogP contribution in [0.25, 0.3) is 22.4 Å². The molecular weight excluding hydrogens is 348 g/mol. The van der Waals surface area contributed by atoms with Gasteiger partial charge in [-0.05, 0) is 18.2 Å². The van der Waals surface area contributed by atoms with Crippen molar-refractivity contribution in [2.24, 2.45) is 0 Å². The second-order valence-electron chi connectivity index (χ2n) is 5.31. The Balaban J connectivity index is 1.96. The van der Waals surface area contributed by atoms with Gasteiger partial charge in [-0.1, -0.05) is 0 Å². The number of hydrogen-bond acceptors (Lipinski definition) is 6. The van der Waals surface area contributed by atoms with E-state index in [0.717, 1.165) is 16.7 Å². The molecule has 3 heterocycles. The lowest BCUT2D eigenvalue weighted by atomic mass is 10.2. The SMILES string of the molecule is COC(=O)c1cnn2c1nnc1c(=O)n(-c3ccc(F)c(F)c3)ccc12. The maximum Gasteiger partial charge on any atom is 0.343 e. The number of fused-ring (bicyclic) bond motifs is 3. The largest absolute Gasteiger partial charge is 0.465 e. The first-order valence-electron chi connectivity index (χ1n) is 7.31. The number of pyridine rings is 1. The van der Waals surface area contributed by atoms with Crippen molar-refractivity contribution in [2.75, 3.05) is 7.11 Å². The number of carbonyl (C=O) groups excluding carboxylic acids is 1. The standard InChI is InChI=1S/C16H9F2N5O3/c1-26-16(25)9-7-19-23-12-4-5-22(8-2-3-10(17)11(18)6-8)15(24)13(12)20-21-14(9)23/h2-7H,1H3. The molecule has 0 radical (unpaired) electrons. The molecule has 0 spiro atoms. The van der Waals surface area contributed by atoms with E-state index >= 15 is 0 Å². The van der Waals surface area contributed by atoms with Crippen LogP contribution >= 0.6 is 0 Å². The predicted molar refractivity (Wildman–Crippen MR) is 85.1 cm³/mol. The monoisotopic (exact) mass is 357 g/mol. The fraction of sp³-hybridized carbons (Fsp3) is 0.0625. The number of aromatic nitrogens is 5. The van der Waals surface area contributed by atoms with Gasteiger partial charge in [0, 0.05) is 12.3 Å². The van der Waals surface area contributed by atoms with Crippen LogP contribution in [-0.2, 0) is 4.74 Å². The Labute approximate surface area is 143 Å². The summed E-state index contributed by atoms with van der Waals surface area (Å²) < 4.78 is 33.6. The number of carbonyl (C=O) groups is 1. The summed E-state index contributed by atoms with van der Waals surface area (Å²) in [6, 6.07) is 4.60. The Morgan fingerprint density at radius 2 is 1.96 bits per heavy atom. The van der Waals surface area contributed by atoms with E-state index in [0.29, 0.717) is 5.52 Å². The van der Waals surface area contributed by atoms with E-state index in [9.17, 15) is 18.4 Å². The minimum Gasteiger partial charge on any atom is -0.465 e. The number of ether oxygens (including phenoxy) is 1. The molecule has 4 rings (SSSR count). The predicted octanol–water partition coefficient (Wildman–Crippen LogP) is 1.49. The molecule has 0 saturated heterocycles. The smallest absolute Gasteiger partial charge is 0.343 e. The Morgan fingerprint density at radius 3 is 2.69 bits per heavy atom. The number of benzene rings is 1. The van der Waals surface area contributed by atoms with E-state index in [2.05, 4.69) is 20.0 Å². The van der Waals surface area contributed by atoms with Crippen LogP contribution in [0.15, 0.2) is 41.5 Å². The number of halogens is 2. The lowest BCUT2D eigenvalue weighted by Crippen LogP contribution is -2.20. The maximum atomic E-state index is 13.5. The van der Waals surface area contributed by atoms with E-state index in [-0.39, 0.29) is 22.4 Å². The van der Waals surface area contributed by atoms with E-state index in [4.69, 9.17) is 0 Å². The molecule has 0 bridgehead atoms. The fourth-order valence-electron chi connectivity index (χ4n) is 2.58. The van der Waals surface area contributed by atoms with E-state index in [1.54, 1.807) is 0 Å². The highest BCUT2D eigenvalue weighted by Gasteiger charge is 2.18. The molecule has 0 aliphatic rings. The highest BCUT2D eigenvalue weighted by molar-refractivity contribution is 5.96. The van der Waals surface area contributed by atoms with E-state index < -0.39 is 23.2 Å². The van der Waals surface area contributed by atoms with Gasteiger partial charge in [-0.25, -0.2) is 18.1 Å². The lowest BCUT2D eigenvalue weighted by Gasteiger charge is -2.07. The number of nitrogens with zero attached hydrogens (tertiary/aromatic N) is 5. The van der Waals surface area contributed by atoms with Crippen molar-refractivity contribution >= 4 is 22.6 Å². The second kappa shape index (κ2) is 5.69. The van der Waals surface area contributed by atoms with Gasteiger partial charge < -0.3 is 4.74 Å². The van der Waals surface area contributed by atoms with E-state index in [1.807, 2.05) is 0 Å². The first-order valence-corrected chi connectivity index (χ1v) is 7.31. The molecule has 0 aliphatic carbocycles. The third kappa shape index (κ3) is 2.23. The molecule has 8 nitrogen and oxygen atoms in total. The molecule has 26 heavy (non-hydrogen) atoms. The number of methoxy groups -OCH3 is 1. The Bertz CT molecular complexity index is 1250. The zero-order valence-electron chi connectivity index (χ0n) is 13.2. The zero-order chi connectivity index (χ0) is 18.4. The summed E-state index contributed by atoms with van der Waals surface area (Å²) in [5.41, 5.74) is 0.0192. The van der Waals surface area contributed by atoms with Crippen molar-refractivity contribution in [1.82, 2.24) is 24.4 Å². The van der Waals surface area contributed by atoms with Crippen LogP contribution in [0.5, 0.6) is 0 Å². The molecular formula is C16H9F2N5O3. The van der Waals surface area contributed by atoms with Crippen LogP contribution in [0.4, 0.5) is 8.78 Å². The van der Waals surface area contributed by atoms with Gasteiger partial charge in [0.25, 0.3) is 5.56 Å².